The predicted octanol–water partition coefficient (Wildman–Crippen LogP) is 1.86. The summed E-state index contributed by atoms with van der Waals surface area (Å²) in [4.78, 5) is 21.2. The number of nitrogens with zero attached hydrogens (tertiary/aromatic N) is 1. The van der Waals surface area contributed by atoms with Crippen molar-refractivity contribution in [2.45, 2.75) is 19.4 Å². The van der Waals surface area contributed by atoms with Crippen molar-refractivity contribution in [3.8, 4) is 0 Å². The zero-order chi connectivity index (χ0) is 15.3. The molecule has 0 aliphatic heterocycles. The Hall–Kier alpha value is -1.96. The molecule has 0 heterocycles. The van der Waals surface area contributed by atoms with Gasteiger partial charge >= 0.3 is 5.97 Å². The molecule has 0 fully saturated rings. The molecule has 1 aromatic rings. The van der Waals surface area contributed by atoms with Crippen LogP contribution in [0.5, 0.6) is 0 Å². The SMILES string of the molecule is CC(CCS(C)=O)Nc1cc([N+](=O)[O-])ccc1C(=O)O. The zero-order valence-electron chi connectivity index (χ0n) is 11.2. The number of nitro groups is 1. The van der Waals surface area contributed by atoms with Gasteiger partial charge in [0.05, 0.1) is 16.2 Å². The van der Waals surface area contributed by atoms with Gasteiger partial charge in [0.2, 0.25) is 0 Å². The van der Waals surface area contributed by atoms with Crippen molar-refractivity contribution in [1.82, 2.24) is 0 Å². The van der Waals surface area contributed by atoms with Gasteiger partial charge in [-0.2, -0.15) is 0 Å². The maximum atomic E-state index is 11.1. The Morgan fingerprint density at radius 1 is 1.55 bits per heavy atom. The van der Waals surface area contributed by atoms with Crippen LogP contribution >= 0.6 is 0 Å². The molecule has 1 aromatic carbocycles. The highest BCUT2D eigenvalue weighted by Gasteiger charge is 2.16. The molecule has 7 nitrogen and oxygen atoms in total. The summed E-state index contributed by atoms with van der Waals surface area (Å²) < 4.78 is 11.0. The third-order valence-electron chi connectivity index (χ3n) is 2.68. The molecule has 1 rings (SSSR count). The first kappa shape index (κ1) is 16.1. The number of rotatable bonds is 7. The molecule has 0 radical (unpaired) electrons. The zero-order valence-corrected chi connectivity index (χ0v) is 12.0. The summed E-state index contributed by atoms with van der Waals surface area (Å²) in [5.41, 5.74) is -0.00933. The number of carboxylic acid groups (broad SMARTS) is 1. The van der Waals surface area contributed by atoms with Crippen LogP contribution in [-0.4, -0.2) is 38.3 Å². The number of nitrogens with one attached hydrogen (secondary N) is 1. The van der Waals surface area contributed by atoms with Gasteiger partial charge in [0, 0.05) is 41.0 Å². The minimum atomic E-state index is -1.16. The first-order valence-electron chi connectivity index (χ1n) is 5.89. The van der Waals surface area contributed by atoms with Crippen molar-refractivity contribution in [1.29, 1.82) is 0 Å². The van der Waals surface area contributed by atoms with Gasteiger partial charge in [-0.25, -0.2) is 4.79 Å². The molecule has 20 heavy (non-hydrogen) atoms. The second-order valence-electron chi connectivity index (χ2n) is 4.40. The minimum absolute atomic E-state index is 0.0277. The normalized spacial score (nSPS) is 13.5. The van der Waals surface area contributed by atoms with Crippen LogP contribution in [0.15, 0.2) is 18.2 Å². The van der Waals surface area contributed by atoms with E-state index in [9.17, 15) is 19.1 Å². The Balaban J connectivity index is 2.95. The van der Waals surface area contributed by atoms with Crippen LogP contribution in [0, 0.1) is 10.1 Å². The van der Waals surface area contributed by atoms with Gasteiger partial charge in [-0.3, -0.25) is 14.3 Å². The van der Waals surface area contributed by atoms with E-state index < -0.39 is 21.7 Å². The molecular formula is C12H16N2O5S. The van der Waals surface area contributed by atoms with Crippen LogP contribution in [0.3, 0.4) is 0 Å². The molecule has 2 N–H and O–H groups in total. The van der Waals surface area contributed by atoms with Gasteiger partial charge in [0.15, 0.2) is 0 Å². The Morgan fingerprint density at radius 3 is 2.70 bits per heavy atom. The summed E-state index contributed by atoms with van der Waals surface area (Å²) in [6.07, 6.45) is 2.16. The topological polar surface area (TPSA) is 110 Å². The van der Waals surface area contributed by atoms with Crippen molar-refractivity contribution >= 4 is 28.1 Å². The molecule has 0 aliphatic rings. The van der Waals surface area contributed by atoms with Crippen LogP contribution < -0.4 is 5.32 Å². The number of nitro benzene ring substituents is 1. The molecule has 0 amide bonds. The van der Waals surface area contributed by atoms with E-state index in [-0.39, 0.29) is 23.0 Å². The molecule has 0 spiro atoms. The van der Waals surface area contributed by atoms with E-state index in [1.54, 1.807) is 13.2 Å². The molecule has 0 saturated heterocycles. The number of hydrogen-bond donors (Lipinski definition) is 2. The molecule has 2 unspecified atom stereocenters. The quantitative estimate of drug-likeness (QED) is 0.587. The fourth-order valence-corrected chi connectivity index (χ4v) is 2.32. The highest BCUT2D eigenvalue weighted by atomic mass is 32.2. The number of non-ortho nitro benzene ring substituents is 1. The summed E-state index contributed by atoms with van der Waals surface area (Å²) >= 11 is 0. The highest BCUT2D eigenvalue weighted by molar-refractivity contribution is 7.84. The second kappa shape index (κ2) is 6.99. The van der Waals surface area contributed by atoms with Crippen molar-refractivity contribution in [3.05, 3.63) is 33.9 Å². The molecule has 110 valence electrons. The summed E-state index contributed by atoms with van der Waals surface area (Å²) in [7, 11) is -0.935. The molecule has 0 bridgehead atoms. The second-order valence-corrected chi connectivity index (χ2v) is 5.96. The summed E-state index contributed by atoms with van der Waals surface area (Å²) in [6.45, 7) is 1.80. The van der Waals surface area contributed by atoms with Gasteiger partial charge in [0.1, 0.15) is 0 Å². The predicted molar refractivity (Wildman–Crippen MR) is 76.7 cm³/mol. The summed E-state index contributed by atoms with van der Waals surface area (Å²) in [5, 5.41) is 22.7. The number of carboxylic acids is 1. The number of aromatic carboxylic acids is 1. The molecule has 0 aromatic heterocycles. The lowest BCUT2D eigenvalue weighted by molar-refractivity contribution is -0.384. The van der Waals surface area contributed by atoms with Gasteiger partial charge in [-0.1, -0.05) is 0 Å². The Morgan fingerprint density at radius 2 is 2.20 bits per heavy atom. The molecule has 0 saturated carbocycles. The van der Waals surface area contributed by atoms with Crippen molar-refractivity contribution in [2.75, 3.05) is 17.3 Å². The standard InChI is InChI=1S/C12H16N2O5S/c1-8(5-6-20(2)19)13-11-7-9(14(17)18)3-4-10(11)12(15)16/h3-4,7-8,13H,5-6H2,1-2H3,(H,15,16). The Bertz CT molecular complexity index is 547. The fraction of sp³-hybridized carbons (Fsp3) is 0.417. The van der Waals surface area contributed by atoms with Crippen molar-refractivity contribution in [3.63, 3.8) is 0 Å². The summed E-state index contributed by atoms with van der Waals surface area (Å²) in [5.74, 6) is -0.681. The number of anilines is 1. The van der Waals surface area contributed by atoms with Crippen LogP contribution in [0.25, 0.3) is 0 Å². The van der Waals surface area contributed by atoms with Crippen LogP contribution in [0.2, 0.25) is 0 Å². The van der Waals surface area contributed by atoms with E-state index in [0.29, 0.717) is 12.2 Å². The maximum absolute atomic E-state index is 11.1. The van der Waals surface area contributed by atoms with E-state index in [4.69, 9.17) is 5.11 Å². The largest absolute Gasteiger partial charge is 0.478 e. The molecule has 0 aliphatic carbocycles. The first-order chi connectivity index (χ1) is 9.31. The monoisotopic (exact) mass is 300 g/mol. The number of benzene rings is 1. The molecule has 2 atom stereocenters. The van der Waals surface area contributed by atoms with Gasteiger partial charge in [0.25, 0.3) is 5.69 Å². The number of hydrogen-bond acceptors (Lipinski definition) is 5. The third-order valence-corrected chi connectivity index (χ3v) is 3.50. The van der Waals surface area contributed by atoms with Crippen LogP contribution in [0.1, 0.15) is 23.7 Å². The fourth-order valence-electron chi connectivity index (χ4n) is 1.63. The van der Waals surface area contributed by atoms with E-state index in [0.717, 1.165) is 6.07 Å². The third kappa shape index (κ3) is 4.61. The lowest BCUT2D eigenvalue weighted by atomic mass is 10.1. The van der Waals surface area contributed by atoms with E-state index in [1.807, 2.05) is 0 Å². The van der Waals surface area contributed by atoms with Crippen molar-refractivity contribution < 1.29 is 19.0 Å². The van der Waals surface area contributed by atoms with Crippen molar-refractivity contribution in [2.24, 2.45) is 0 Å². The molecular weight excluding hydrogens is 284 g/mol. The average molecular weight is 300 g/mol. The van der Waals surface area contributed by atoms with E-state index >= 15 is 0 Å². The molecule has 8 heteroatoms. The lowest BCUT2D eigenvalue weighted by Gasteiger charge is -2.16. The van der Waals surface area contributed by atoms with E-state index in [2.05, 4.69) is 5.32 Å². The Kier molecular flexibility index (Phi) is 5.63. The minimum Gasteiger partial charge on any atom is -0.478 e. The van der Waals surface area contributed by atoms with Gasteiger partial charge in [-0.15, -0.1) is 0 Å². The highest BCUT2D eigenvalue weighted by Crippen LogP contribution is 2.23. The number of carbonyl (C=O) groups is 1. The Labute approximate surface area is 118 Å². The maximum Gasteiger partial charge on any atom is 0.337 e. The van der Waals surface area contributed by atoms with Crippen LogP contribution in [0.4, 0.5) is 11.4 Å². The van der Waals surface area contributed by atoms with Crippen LogP contribution in [-0.2, 0) is 10.8 Å². The van der Waals surface area contributed by atoms with E-state index in [1.165, 1.54) is 12.1 Å². The summed E-state index contributed by atoms with van der Waals surface area (Å²) in [6, 6.07) is 3.41. The lowest BCUT2D eigenvalue weighted by Crippen LogP contribution is -2.19. The average Bonchev–Trinajstić information content (AvgIpc) is 2.35. The smallest absolute Gasteiger partial charge is 0.337 e. The van der Waals surface area contributed by atoms with Gasteiger partial charge in [-0.05, 0) is 19.4 Å². The van der Waals surface area contributed by atoms with Gasteiger partial charge < -0.3 is 10.4 Å². The first-order valence-corrected chi connectivity index (χ1v) is 7.62.